The van der Waals surface area contributed by atoms with Crippen molar-refractivity contribution in [3.05, 3.63) is 34.5 Å². The van der Waals surface area contributed by atoms with Crippen molar-refractivity contribution in [3.63, 3.8) is 0 Å². The Morgan fingerprint density at radius 3 is 2.43 bits per heavy atom. The summed E-state index contributed by atoms with van der Waals surface area (Å²) in [5.41, 5.74) is -2.19. The second-order valence-corrected chi connectivity index (χ2v) is 7.58. The average molecular weight is 444 g/mol. The first kappa shape index (κ1) is 21.5. The summed E-state index contributed by atoms with van der Waals surface area (Å²) in [6.45, 7) is -1.13. The third-order valence-corrected chi connectivity index (χ3v) is 4.29. The SMILES string of the molecule is O=C(OCO/N=[NH+]\[O-])C1=Cc2cc(S(F)(F)(F)(F)F)ccc2O[C@@H]1C(F)(F)F. The lowest BCUT2D eigenvalue weighted by Gasteiger charge is -2.41. The molecule has 1 aromatic rings. The lowest BCUT2D eigenvalue weighted by Crippen LogP contribution is -2.56. The van der Waals surface area contributed by atoms with Crippen LogP contribution in [0.5, 0.6) is 5.75 Å². The molecule has 1 N–H and O–H groups in total. The highest BCUT2D eigenvalue weighted by Gasteiger charge is 2.65. The van der Waals surface area contributed by atoms with Crippen LogP contribution in [0, 0.1) is 5.21 Å². The highest BCUT2D eigenvalue weighted by Crippen LogP contribution is 3.02. The van der Waals surface area contributed by atoms with Gasteiger partial charge in [-0.05, 0) is 24.3 Å². The van der Waals surface area contributed by atoms with Crippen molar-refractivity contribution in [1.29, 1.82) is 0 Å². The molecule has 2 rings (SSSR count). The number of halogens is 8. The molecular formula is C12H8F8N2O5S. The van der Waals surface area contributed by atoms with Gasteiger partial charge in [0.1, 0.15) is 10.6 Å². The maximum Gasteiger partial charge on any atom is 0.430 e. The van der Waals surface area contributed by atoms with E-state index in [0.717, 1.165) is 5.28 Å². The van der Waals surface area contributed by atoms with Gasteiger partial charge < -0.3 is 19.5 Å². The maximum atomic E-state index is 13.1. The summed E-state index contributed by atoms with van der Waals surface area (Å²) in [6.07, 6.45) is -7.88. The number of carbonyl (C=O) groups excluding carboxylic acids is 1. The van der Waals surface area contributed by atoms with E-state index >= 15 is 0 Å². The summed E-state index contributed by atoms with van der Waals surface area (Å²) < 4.78 is 112. The number of hydrogen-bond donors (Lipinski definition) is 1. The summed E-state index contributed by atoms with van der Waals surface area (Å²) in [5.74, 6) is -2.57. The van der Waals surface area contributed by atoms with Crippen molar-refractivity contribution in [3.8, 4) is 5.75 Å². The van der Waals surface area contributed by atoms with Crippen LogP contribution in [0.1, 0.15) is 5.56 Å². The van der Waals surface area contributed by atoms with Crippen LogP contribution in [0.4, 0.5) is 32.6 Å². The summed E-state index contributed by atoms with van der Waals surface area (Å²) in [7, 11) is -10.1. The molecule has 0 saturated carbocycles. The molecule has 1 aliphatic heterocycles. The van der Waals surface area contributed by atoms with E-state index in [1.54, 1.807) is 0 Å². The number of esters is 1. The van der Waals surface area contributed by atoms with Crippen molar-refractivity contribution >= 4 is 22.3 Å². The normalized spacial score (nSPS) is 19.7. The van der Waals surface area contributed by atoms with Crippen LogP contribution >= 0.6 is 10.2 Å². The van der Waals surface area contributed by atoms with Crippen molar-refractivity contribution in [1.82, 2.24) is 0 Å². The van der Waals surface area contributed by atoms with Gasteiger partial charge in [0.2, 0.25) is 11.4 Å². The fourth-order valence-corrected chi connectivity index (χ4v) is 2.72. The summed E-state index contributed by atoms with van der Waals surface area (Å²) >= 11 is 0. The van der Waals surface area contributed by atoms with Crippen LogP contribution in [0.25, 0.3) is 6.08 Å². The topological polar surface area (TPSA) is 94.2 Å². The second-order valence-electron chi connectivity index (χ2n) is 5.17. The molecule has 1 aliphatic rings. The van der Waals surface area contributed by atoms with Gasteiger partial charge in [0.15, 0.2) is 0 Å². The third kappa shape index (κ3) is 4.93. The van der Waals surface area contributed by atoms with E-state index < -0.39 is 57.0 Å². The van der Waals surface area contributed by atoms with Crippen LogP contribution in [-0.2, 0) is 14.4 Å². The van der Waals surface area contributed by atoms with Gasteiger partial charge in [-0.1, -0.05) is 24.7 Å². The number of nitrogens with one attached hydrogen (secondary N) is 1. The Hall–Kier alpha value is -2.78. The number of hydrogen-bond acceptors (Lipinski definition) is 6. The molecule has 16 heteroatoms. The molecule has 1 aromatic carbocycles. The van der Waals surface area contributed by atoms with Crippen molar-refractivity contribution < 1.29 is 57.0 Å². The molecule has 7 nitrogen and oxygen atoms in total. The van der Waals surface area contributed by atoms with Gasteiger partial charge in [-0.2, -0.15) is 13.2 Å². The molecule has 158 valence electrons. The molecule has 1 heterocycles. The van der Waals surface area contributed by atoms with Crippen LogP contribution in [0.2, 0.25) is 0 Å². The number of ether oxygens (including phenoxy) is 2. The first-order valence-corrected chi connectivity index (χ1v) is 8.67. The van der Waals surface area contributed by atoms with Gasteiger partial charge in [0, 0.05) is 5.56 Å². The quantitative estimate of drug-likeness (QED) is 0.187. The Labute approximate surface area is 149 Å². The van der Waals surface area contributed by atoms with Crippen LogP contribution in [0.3, 0.4) is 0 Å². The molecule has 0 aliphatic carbocycles. The smallest absolute Gasteiger partial charge is 0.430 e. The van der Waals surface area contributed by atoms with E-state index in [9.17, 15) is 42.6 Å². The lowest BCUT2D eigenvalue weighted by atomic mass is 10.0. The highest BCUT2D eigenvalue weighted by atomic mass is 32.5. The van der Waals surface area contributed by atoms with Gasteiger partial charge in [0.05, 0.1) is 5.57 Å². The monoisotopic (exact) mass is 444 g/mol. The number of nitrogens with zero attached hydrogens (tertiary/aromatic N) is 1. The minimum absolute atomic E-state index is 0.129. The van der Waals surface area contributed by atoms with E-state index in [0.29, 0.717) is 0 Å². The molecule has 0 radical (unpaired) electrons. The zero-order chi connectivity index (χ0) is 21.4. The molecule has 0 amide bonds. The summed E-state index contributed by atoms with van der Waals surface area (Å²) in [4.78, 5) is 13.4. The van der Waals surface area contributed by atoms with Crippen molar-refractivity contribution in [2.24, 2.45) is 5.28 Å². The molecule has 0 unspecified atom stereocenters. The average Bonchev–Trinajstić information content (AvgIpc) is 2.54. The molecule has 0 saturated heterocycles. The molecule has 0 spiro atoms. The molecule has 0 aromatic heterocycles. The van der Waals surface area contributed by atoms with E-state index in [4.69, 9.17) is 0 Å². The molecular weight excluding hydrogens is 436 g/mol. The van der Waals surface area contributed by atoms with Crippen LogP contribution in [-0.4, -0.2) is 25.0 Å². The minimum Gasteiger partial charge on any atom is -0.599 e. The van der Waals surface area contributed by atoms with Crippen molar-refractivity contribution in [2.75, 3.05) is 6.79 Å². The first-order valence-electron chi connectivity index (χ1n) is 6.72. The highest BCUT2D eigenvalue weighted by molar-refractivity contribution is 8.45. The first-order chi connectivity index (χ1) is 12.5. The number of alkyl halides is 3. The Balaban J connectivity index is 2.47. The molecule has 0 fully saturated rings. The molecule has 0 bridgehead atoms. The molecule has 1 atom stereocenters. The number of rotatable bonds is 5. The third-order valence-electron chi connectivity index (χ3n) is 3.14. The largest absolute Gasteiger partial charge is 0.599 e. The van der Waals surface area contributed by atoms with Gasteiger partial charge in [-0.25, -0.2) is 4.79 Å². The standard InChI is InChI=1S/C12H8F8N2O5S/c13-12(14,15)10-8(11(23)25-5-26-22-21-24)4-6-3-7(1-2-9(6)27-10)28(16,17,18,19)20/h1-4,10,21H,5H2/t10-/m0/s1. The Bertz CT molecular complexity index is 852. The van der Waals surface area contributed by atoms with E-state index in [2.05, 4.69) is 19.6 Å². The zero-order valence-electron chi connectivity index (χ0n) is 13.0. The van der Waals surface area contributed by atoms with E-state index in [-0.39, 0.29) is 24.3 Å². The summed E-state index contributed by atoms with van der Waals surface area (Å²) in [5, 5.41) is 13.1. The van der Waals surface area contributed by atoms with E-state index in [1.807, 2.05) is 0 Å². The Morgan fingerprint density at radius 1 is 1.25 bits per heavy atom. The lowest BCUT2D eigenvalue weighted by molar-refractivity contribution is -0.498. The van der Waals surface area contributed by atoms with Gasteiger partial charge in [-0.15, -0.1) is 0 Å². The Kier molecular flexibility index (Phi) is 4.70. The fraction of sp³-hybridized carbons (Fsp3) is 0.250. The number of carbonyl (C=O) groups is 1. The predicted molar refractivity (Wildman–Crippen MR) is 75.1 cm³/mol. The minimum atomic E-state index is -10.1. The molecule has 28 heavy (non-hydrogen) atoms. The maximum absolute atomic E-state index is 13.1. The fourth-order valence-electron chi connectivity index (χ4n) is 2.05. The van der Waals surface area contributed by atoms with Crippen LogP contribution < -0.4 is 10.0 Å². The number of benzene rings is 1. The van der Waals surface area contributed by atoms with Gasteiger partial charge >= 0.3 is 22.4 Å². The van der Waals surface area contributed by atoms with Gasteiger partial charge in [0.25, 0.3) is 6.79 Å². The predicted octanol–water partition coefficient (Wildman–Crippen LogP) is 3.51. The Morgan fingerprint density at radius 2 is 1.89 bits per heavy atom. The van der Waals surface area contributed by atoms with E-state index in [1.165, 1.54) is 0 Å². The zero-order valence-corrected chi connectivity index (χ0v) is 13.8. The summed E-state index contributed by atoms with van der Waals surface area (Å²) in [6, 6.07) is 0.00201. The van der Waals surface area contributed by atoms with Crippen molar-refractivity contribution in [2.45, 2.75) is 17.2 Å². The van der Waals surface area contributed by atoms with Crippen LogP contribution in [0.15, 0.2) is 33.9 Å². The second kappa shape index (κ2) is 6.11. The number of fused-ring (bicyclic) bond motifs is 1. The van der Waals surface area contributed by atoms with Gasteiger partial charge in [-0.3, -0.25) is 0 Å².